The minimum Gasteiger partial charge on any atom is -0.338 e. The highest BCUT2D eigenvalue weighted by atomic mass is 19.1. The van der Waals surface area contributed by atoms with Gasteiger partial charge in [0.2, 0.25) is 0 Å². The van der Waals surface area contributed by atoms with Crippen molar-refractivity contribution in [3.8, 4) is 0 Å². The molecule has 2 heterocycles. The molecule has 0 radical (unpaired) electrons. The molecule has 3 rings (SSSR count). The molecule has 1 fully saturated rings. The van der Waals surface area contributed by atoms with Crippen molar-refractivity contribution in [1.82, 2.24) is 9.88 Å². The van der Waals surface area contributed by atoms with Crippen molar-refractivity contribution in [3.63, 3.8) is 0 Å². The number of pyridine rings is 1. The van der Waals surface area contributed by atoms with Crippen LogP contribution in [0, 0.1) is 11.7 Å². The van der Waals surface area contributed by atoms with E-state index in [0.29, 0.717) is 11.5 Å². The van der Waals surface area contributed by atoms with E-state index in [9.17, 15) is 9.18 Å². The summed E-state index contributed by atoms with van der Waals surface area (Å²) in [6, 6.07) is 10.4. The van der Waals surface area contributed by atoms with Crippen molar-refractivity contribution >= 4 is 5.91 Å². The number of nitrogens with zero attached hydrogens (tertiary/aromatic N) is 2. The first-order valence-corrected chi connectivity index (χ1v) is 8.16. The Morgan fingerprint density at radius 2 is 2.22 bits per heavy atom. The largest absolute Gasteiger partial charge is 0.338 e. The van der Waals surface area contributed by atoms with E-state index < -0.39 is 0 Å². The SMILES string of the molecule is O=C(c1cccnc1)N1CCC[C@@H](CCc2cccc(F)c2)C1. The highest BCUT2D eigenvalue weighted by molar-refractivity contribution is 5.93. The number of likely N-dealkylation sites (tertiary alicyclic amines) is 1. The zero-order chi connectivity index (χ0) is 16.1. The maximum absolute atomic E-state index is 13.2. The minimum atomic E-state index is -0.181. The molecule has 1 saturated heterocycles. The van der Waals surface area contributed by atoms with E-state index in [1.54, 1.807) is 30.6 Å². The van der Waals surface area contributed by atoms with Gasteiger partial charge in [-0.1, -0.05) is 12.1 Å². The van der Waals surface area contributed by atoms with Crippen LogP contribution in [0.25, 0.3) is 0 Å². The molecule has 1 aromatic carbocycles. The molecule has 0 saturated carbocycles. The van der Waals surface area contributed by atoms with E-state index in [4.69, 9.17) is 0 Å². The minimum absolute atomic E-state index is 0.0635. The average molecular weight is 312 g/mol. The Labute approximate surface area is 136 Å². The molecule has 120 valence electrons. The predicted octanol–water partition coefficient (Wildman–Crippen LogP) is 3.71. The normalized spacial score (nSPS) is 18.0. The molecular formula is C19H21FN2O. The van der Waals surface area contributed by atoms with Crippen molar-refractivity contribution in [2.24, 2.45) is 5.92 Å². The van der Waals surface area contributed by atoms with Crippen LogP contribution >= 0.6 is 0 Å². The van der Waals surface area contributed by atoms with Gasteiger partial charge in [-0.15, -0.1) is 0 Å². The molecule has 0 unspecified atom stereocenters. The maximum Gasteiger partial charge on any atom is 0.255 e. The lowest BCUT2D eigenvalue weighted by molar-refractivity contribution is 0.0668. The summed E-state index contributed by atoms with van der Waals surface area (Å²) in [6.07, 6.45) is 7.30. The molecule has 1 aliphatic rings. The number of benzene rings is 1. The first-order valence-electron chi connectivity index (χ1n) is 8.16. The molecule has 1 amide bonds. The molecule has 0 bridgehead atoms. The van der Waals surface area contributed by atoms with Gasteiger partial charge in [0.15, 0.2) is 0 Å². The molecule has 4 heteroatoms. The smallest absolute Gasteiger partial charge is 0.255 e. The van der Waals surface area contributed by atoms with Crippen LogP contribution in [0.3, 0.4) is 0 Å². The number of halogens is 1. The van der Waals surface area contributed by atoms with Gasteiger partial charge in [0.05, 0.1) is 5.56 Å². The second kappa shape index (κ2) is 7.36. The molecule has 1 aromatic heterocycles. The fraction of sp³-hybridized carbons (Fsp3) is 0.368. The molecule has 3 nitrogen and oxygen atoms in total. The van der Waals surface area contributed by atoms with Crippen molar-refractivity contribution < 1.29 is 9.18 Å². The van der Waals surface area contributed by atoms with Crippen LogP contribution in [-0.2, 0) is 6.42 Å². The van der Waals surface area contributed by atoms with Gasteiger partial charge < -0.3 is 4.90 Å². The lowest BCUT2D eigenvalue weighted by Gasteiger charge is -2.33. The zero-order valence-electron chi connectivity index (χ0n) is 13.1. The summed E-state index contributed by atoms with van der Waals surface area (Å²) in [5, 5.41) is 0. The number of hydrogen-bond acceptors (Lipinski definition) is 2. The Bertz CT molecular complexity index is 659. The summed E-state index contributed by atoms with van der Waals surface area (Å²) >= 11 is 0. The quantitative estimate of drug-likeness (QED) is 0.862. The molecule has 1 aliphatic heterocycles. The average Bonchev–Trinajstić information content (AvgIpc) is 2.60. The number of aromatic nitrogens is 1. The van der Waals surface area contributed by atoms with Gasteiger partial charge in [-0.25, -0.2) is 4.39 Å². The van der Waals surface area contributed by atoms with E-state index in [2.05, 4.69) is 4.98 Å². The van der Waals surface area contributed by atoms with Crippen molar-refractivity contribution in [2.45, 2.75) is 25.7 Å². The summed E-state index contributed by atoms with van der Waals surface area (Å²) in [5.41, 5.74) is 1.68. The lowest BCUT2D eigenvalue weighted by Crippen LogP contribution is -2.40. The highest BCUT2D eigenvalue weighted by Crippen LogP contribution is 2.23. The van der Waals surface area contributed by atoms with E-state index in [-0.39, 0.29) is 11.7 Å². The van der Waals surface area contributed by atoms with E-state index >= 15 is 0 Å². The summed E-state index contributed by atoms with van der Waals surface area (Å²) in [6.45, 7) is 1.59. The van der Waals surface area contributed by atoms with Crippen molar-refractivity contribution in [3.05, 3.63) is 65.7 Å². The van der Waals surface area contributed by atoms with Crippen LogP contribution in [0.4, 0.5) is 4.39 Å². The third-order valence-corrected chi connectivity index (χ3v) is 4.44. The number of carbonyl (C=O) groups is 1. The zero-order valence-corrected chi connectivity index (χ0v) is 13.1. The summed E-state index contributed by atoms with van der Waals surface area (Å²) < 4.78 is 13.2. The van der Waals surface area contributed by atoms with Crippen LogP contribution in [0.5, 0.6) is 0 Å². The molecule has 0 N–H and O–H groups in total. The molecule has 2 aromatic rings. The molecule has 0 aliphatic carbocycles. The van der Waals surface area contributed by atoms with Crippen molar-refractivity contribution in [2.75, 3.05) is 13.1 Å². The molecule has 23 heavy (non-hydrogen) atoms. The maximum atomic E-state index is 13.2. The van der Waals surface area contributed by atoms with E-state index in [1.807, 2.05) is 17.0 Å². The van der Waals surface area contributed by atoms with Gasteiger partial charge in [0, 0.05) is 25.5 Å². The molecule has 0 spiro atoms. The monoisotopic (exact) mass is 312 g/mol. The van der Waals surface area contributed by atoms with Crippen LogP contribution in [-0.4, -0.2) is 28.9 Å². The van der Waals surface area contributed by atoms with E-state index in [1.165, 1.54) is 6.07 Å². The lowest BCUT2D eigenvalue weighted by atomic mass is 9.91. The van der Waals surface area contributed by atoms with Gasteiger partial charge in [-0.3, -0.25) is 9.78 Å². The summed E-state index contributed by atoms with van der Waals surface area (Å²) in [5.74, 6) is 0.362. The predicted molar refractivity (Wildman–Crippen MR) is 87.6 cm³/mol. The Hall–Kier alpha value is -2.23. The van der Waals surface area contributed by atoms with Gasteiger partial charge in [0.25, 0.3) is 5.91 Å². The number of amides is 1. The van der Waals surface area contributed by atoms with Crippen LogP contribution in [0.15, 0.2) is 48.8 Å². The number of carbonyl (C=O) groups excluding carboxylic acids is 1. The first kappa shape index (κ1) is 15.7. The molecule has 1 atom stereocenters. The number of hydrogen-bond donors (Lipinski definition) is 0. The first-order chi connectivity index (χ1) is 11.2. The Morgan fingerprint density at radius 3 is 3.00 bits per heavy atom. The van der Waals surface area contributed by atoms with Crippen LogP contribution < -0.4 is 0 Å². The summed E-state index contributed by atoms with van der Waals surface area (Å²) in [7, 11) is 0. The fourth-order valence-electron chi connectivity index (χ4n) is 3.22. The Morgan fingerprint density at radius 1 is 1.30 bits per heavy atom. The third-order valence-electron chi connectivity index (χ3n) is 4.44. The van der Waals surface area contributed by atoms with Crippen LogP contribution in [0.1, 0.15) is 35.2 Å². The standard InChI is InChI=1S/C19H21FN2O/c20-18-7-1-4-15(12-18)8-9-16-5-3-11-22(14-16)19(23)17-6-2-10-21-13-17/h1-2,4,6-7,10,12-13,16H,3,5,8-9,11,14H2/t16-/m0/s1. The van der Waals surface area contributed by atoms with E-state index in [0.717, 1.165) is 44.3 Å². The second-order valence-corrected chi connectivity index (χ2v) is 6.17. The number of aryl methyl sites for hydroxylation is 1. The third kappa shape index (κ3) is 4.15. The molecular weight excluding hydrogens is 291 g/mol. The fourth-order valence-corrected chi connectivity index (χ4v) is 3.22. The second-order valence-electron chi connectivity index (χ2n) is 6.17. The Balaban J connectivity index is 1.57. The summed E-state index contributed by atoms with van der Waals surface area (Å²) in [4.78, 5) is 18.4. The van der Waals surface area contributed by atoms with Crippen LogP contribution in [0.2, 0.25) is 0 Å². The van der Waals surface area contributed by atoms with Gasteiger partial charge in [-0.05, 0) is 61.4 Å². The van der Waals surface area contributed by atoms with Crippen molar-refractivity contribution in [1.29, 1.82) is 0 Å². The highest BCUT2D eigenvalue weighted by Gasteiger charge is 2.24. The van der Waals surface area contributed by atoms with Gasteiger partial charge in [0.1, 0.15) is 5.82 Å². The van der Waals surface area contributed by atoms with Gasteiger partial charge >= 0.3 is 0 Å². The Kier molecular flexibility index (Phi) is 5.01. The topological polar surface area (TPSA) is 33.2 Å². The number of piperidine rings is 1. The number of rotatable bonds is 4. The van der Waals surface area contributed by atoms with Gasteiger partial charge in [-0.2, -0.15) is 0 Å².